The van der Waals surface area contributed by atoms with Gasteiger partial charge in [0, 0.05) is 12.6 Å². The van der Waals surface area contributed by atoms with Crippen molar-refractivity contribution in [3.63, 3.8) is 0 Å². The molecule has 0 radical (unpaired) electrons. The molecule has 4 nitrogen and oxygen atoms in total. The molecule has 0 bridgehead atoms. The Morgan fingerprint density at radius 3 is 2.44 bits per heavy atom. The van der Waals surface area contributed by atoms with Gasteiger partial charge in [-0.05, 0) is 51.5 Å². The second-order valence-corrected chi connectivity index (χ2v) is 5.74. The van der Waals surface area contributed by atoms with Crippen molar-refractivity contribution in [1.82, 2.24) is 4.90 Å². The van der Waals surface area contributed by atoms with E-state index in [-0.39, 0.29) is 5.97 Å². The van der Waals surface area contributed by atoms with E-state index in [4.69, 9.17) is 10.5 Å². The predicted molar refractivity (Wildman–Crippen MR) is 71.2 cm³/mol. The summed E-state index contributed by atoms with van der Waals surface area (Å²) < 4.78 is 5.20. The van der Waals surface area contributed by atoms with Crippen LogP contribution in [0.2, 0.25) is 0 Å². The van der Waals surface area contributed by atoms with Crippen LogP contribution in [0.25, 0.3) is 0 Å². The van der Waals surface area contributed by atoms with Crippen LogP contribution in [0.15, 0.2) is 0 Å². The minimum atomic E-state index is -0.770. The lowest BCUT2D eigenvalue weighted by atomic mass is 9.93. The fraction of sp³-hybridized carbons (Fsp3) is 0.929. The number of hydrogen-bond acceptors (Lipinski definition) is 4. The summed E-state index contributed by atoms with van der Waals surface area (Å²) in [6.45, 7) is 6.15. The smallest absolute Gasteiger partial charge is 0.327 e. The number of rotatable bonds is 8. The molecule has 0 saturated heterocycles. The van der Waals surface area contributed by atoms with E-state index in [0.717, 1.165) is 25.8 Å². The molecule has 2 N–H and O–H groups in total. The van der Waals surface area contributed by atoms with Gasteiger partial charge in [-0.2, -0.15) is 0 Å². The topological polar surface area (TPSA) is 55.6 Å². The van der Waals surface area contributed by atoms with Crippen molar-refractivity contribution in [3.8, 4) is 0 Å². The zero-order valence-corrected chi connectivity index (χ0v) is 11.7. The zero-order valence-electron chi connectivity index (χ0n) is 11.7. The van der Waals surface area contributed by atoms with Crippen LogP contribution in [0.5, 0.6) is 0 Å². The van der Waals surface area contributed by atoms with E-state index in [1.165, 1.54) is 12.8 Å². The molecule has 104 valence electrons. The molecule has 1 atom stereocenters. The van der Waals surface area contributed by atoms with Crippen molar-refractivity contribution in [2.24, 2.45) is 11.7 Å². The molecule has 4 heteroatoms. The molecule has 18 heavy (non-hydrogen) atoms. The Bertz CT molecular complexity index is 300. The van der Waals surface area contributed by atoms with E-state index in [1.807, 2.05) is 6.92 Å². The van der Waals surface area contributed by atoms with Crippen molar-refractivity contribution in [1.29, 1.82) is 0 Å². The summed E-state index contributed by atoms with van der Waals surface area (Å²) in [5.74, 6) is 0.129. The lowest BCUT2D eigenvalue weighted by Gasteiger charge is -2.33. The summed E-state index contributed by atoms with van der Waals surface area (Å²) in [4.78, 5) is 14.6. The predicted octanol–water partition coefficient (Wildman–Crippen LogP) is 1.53. The molecule has 1 unspecified atom stereocenters. The van der Waals surface area contributed by atoms with Crippen LogP contribution in [-0.2, 0) is 9.53 Å². The largest absolute Gasteiger partial charge is 0.465 e. The molecule has 2 aliphatic carbocycles. The fourth-order valence-electron chi connectivity index (χ4n) is 2.68. The number of nitrogens with two attached hydrogens (primary N) is 1. The third kappa shape index (κ3) is 3.04. The highest BCUT2D eigenvalue weighted by Gasteiger charge is 2.51. The maximum absolute atomic E-state index is 12.2. The van der Waals surface area contributed by atoms with Gasteiger partial charge in [-0.25, -0.2) is 4.79 Å². The molecule has 2 saturated carbocycles. The van der Waals surface area contributed by atoms with Crippen LogP contribution in [0.1, 0.15) is 46.0 Å². The van der Waals surface area contributed by atoms with Gasteiger partial charge < -0.3 is 10.5 Å². The second kappa shape index (κ2) is 5.57. The molecule has 2 aliphatic rings. The van der Waals surface area contributed by atoms with E-state index in [1.54, 1.807) is 0 Å². The lowest BCUT2D eigenvalue weighted by molar-refractivity contribution is -0.151. The van der Waals surface area contributed by atoms with Crippen LogP contribution in [0, 0.1) is 5.92 Å². The number of hydrogen-bond donors (Lipinski definition) is 1. The molecule has 0 aromatic carbocycles. The summed E-state index contributed by atoms with van der Waals surface area (Å²) >= 11 is 0. The fourth-order valence-corrected chi connectivity index (χ4v) is 2.68. The Morgan fingerprint density at radius 1 is 1.33 bits per heavy atom. The summed E-state index contributed by atoms with van der Waals surface area (Å²) in [7, 11) is 0. The highest BCUT2D eigenvalue weighted by atomic mass is 16.5. The van der Waals surface area contributed by atoms with Crippen molar-refractivity contribution in [2.45, 2.75) is 57.5 Å². The van der Waals surface area contributed by atoms with E-state index in [9.17, 15) is 4.79 Å². The highest BCUT2D eigenvalue weighted by Crippen LogP contribution is 2.41. The number of carbonyl (C=O) groups is 1. The van der Waals surface area contributed by atoms with E-state index in [2.05, 4.69) is 11.8 Å². The third-order valence-electron chi connectivity index (χ3n) is 4.00. The Labute approximate surface area is 110 Å². The van der Waals surface area contributed by atoms with Crippen molar-refractivity contribution in [2.75, 3.05) is 19.7 Å². The molecule has 0 amide bonds. The Hall–Kier alpha value is -0.610. The molecular formula is C14H26N2O2. The molecule has 0 heterocycles. The Balaban J connectivity index is 2.01. The van der Waals surface area contributed by atoms with Gasteiger partial charge in [0.2, 0.25) is 0 Å². The number of nitrogens with zero attached hydrogens (tertiary/aromatic N) is 1. The SMILES string of the molecule is CCCN(CC(N)(C(=O)OCC)C1CC1)C1CC1. The Morgan fingerprint density at radius 2 is 2.00 bits per heavy atom. The third-order valence-corrected chi connectivity index (χ3v) is 4.00. The number of ether oxygens (including phenoxy) is 1. The molecule has 0 aromatic rings. The minimum absolute atomic E-state index is 0.200. The molecule has 0 aromatic heterocycles. The van der Waals surface area contributed by atoms with E-state index in [0.29, 0.717) is 25.1 Å². The first-order valence-electron chi connectivity index (χ1n) is 7.32. The van der Waals surface area contributed by atoms with Gasteiger partial charge >= 0.3 is 5.97 Å². The average Bonchev–Trinajstić information content (AvgIpc) is 3.19. The van der Waals surface area contributed by atoms with Crippen LogP contribution in [0.4, 0.5) is 0 Å². The quantitative estimate of drug-likeness (QED) is 0.667. The summed E-state index contributed by atoms with van der Waals surface area (Å²) in [6, 6.07) is 0.654. The summed E-state index contributed by atoms with van der Waals surface area (Å²) in [5, 5.41) is 0. The lowest BCUT2D eigenvalue weighted by Crippen LogP contribution is -2.59. The zero-order chi connectivity index (χ0) is 13.2. The van der Waals surface area contributed by atoms with Gasteiger partial charge in [0.05, 0.1) is 6.61 Å². The number of carbonyl (C=O) groups excluding carboxylic acids is 1. The minimum Gasteiger partial charge on any atom is -0.465 e. The van der Waals surface area contributed by atoms with Gasteiger partial charge in [-0.1, -0.05) is 6.92 Å². The van der Waals surface area contributed by atoms with Gasteiger partial charge in [0.1, 0.15) is 5.54 Å². The number of esters is 1. The summed E-state index contributed by atoms with van der Waals surface area (Å²) in [5.41, 5.74) is 5.64. The molecule has 0 aliphatic heterocycles. The van der Waals surface area contributed by atoms with Gasteiger partial charge in [-0.15, -0.1) is 0 Å². The first kappa shape index (κ1) is 13.8. The van der Waals surface area contributed by atoms with Crippen molar-refractivity contribution in [3.05, 3.63) is 0 Å². The standard InChI is InChI=1S/C14H26N2O2/c1-3-9-16(12-7-8-12)10-14(15,11-5-6-11)13(17)18-4-2/h11-12H,3-10,15H2,1-2H3. The van der Waals surface area contributed by atoms with Crippen LogP contribution >= 0.6 is 0 Å². The van der Waals surface area contributed by atoms with Crippen molar-refractivity contribution < 1.29 is 9.53 Å². The van der Waals surface area contributed by atoms with Gasteiger partial charge in [-0.3, -0.25) is 4.90 Å². The second-order valence-electron chi connectivity index (χ2n) is 5.74. The normalized spacial score (nSPS) is 22.9. The van der Waals surface area contributed by atoms with Gasteiger partial charge in [0.15, 0.2) is 0 Å². The Kier molecular flexibility index (Phi) is 4.28. The molecule has 2 fully saturated rings. The maximum Gasteiger partial charge on any atom is 0.327 e. The van der Waals surface area contributed by atoms with Crippen LogP contribution < -0.4 is 5.73 Å². The first-order valence-corrected chi connectivity index (χ1v) is 7.32. The highest BCUT2D eigenvalue weighted by molar-refractivity contribution is 5.82. The molecular weight excluding hydrogens is 228 g/mol. The maximum atomic E-state index is 12.2. The van der Waals surface area contributed by atoms with Crippen molar-refractivity contribution >= 4 is 5.97 Å². The summed E-state index contributed by atoms with van der Waals surface area (Å²) in [6.07, 6.45) is 5.76. The van der Waals surface area contributed by atoms with Gasteiger partial charge in [0.25, 0.3) is 0 Å². The first-order chi connectivity index (χ1) is 8.61. The molecule has 2 rings (SSSR count). The van der Waals surface area contributed by atoms with Crippen LogP contribution in [0.3, 0.4) is 0 Å². The molecule has 0 spiro atoms. The van der Waals surface area contributed by atoms with Crippen LogP contribution in [-0.4, -0.2) is 42.1 Å². The van der Waals surface area contributed by atoms with E-state index >= 15 is 0 Å². The average molecular weight is 254 g/mol. The monoisotopic (exact) mass is 254 g/mol. The van der Waals surface area contributed by atoms with E-state index < -0.39 is 5.54 Å².